The van der Waals surface area contributed by atoms with Crippen LogP contribution in [0.1, 0.15) is 6.92 Å². The molecule has 0 fully saturated rings. The maximum absolute atomic E-state index is 11.0. The molecule has 0 aliphatic rings. The zero-order chi connectivity index (χ0) is 16.5. The van der Waals surface area contributed by atoms with Crippen molar-refractivity contribution < 1.29 is 9.53 Å². The van der Waals surface area contributed by atoms with Crippen molar-refractivity contribution in [3.8, 4) is 0 Å². The number of hydrogen-bond donors (Lipinski definition) is 0. The molecule has 0 atom stereocenters. The first kappa shape index (κ1) is 16.8. The summed E-state index contributed by atoms with van der Waals surface area (Å²) in [6.07, 6.45) is 1.16. The minimum atomic E-state index is -0.409. The molecule has 2 rings (SSSR count). The topological polar surface area (TPSA) is 80.0 Å². The van der Waals surface area contributed by atoms with Gasteiger partial charge in [0.05, 0.1) is 12.2 Å². The second kappa shape index (κ2) is 8.74. The fourth-order valence-corrected chi connectivity index (χ4v) is 2.20. The fourth-order valence-electron chi connectivity index (χ4n) is 1.83. The Labute approximate surface area is 138 Å². The first-order valence-electron chi connectivity index (χ1n) is 7.05. The predicted molar refractivity (Wildman–Crippen MR) is 89.6 cm³/mol. The third kappa shape index (κ3) is 5.26. The van der Waals surface area contributed by atoms with Crippen molar-refractivity contribution in [1.29, 1.82) is 0 Å². The van der Waals surface area contributed by atoms with Crippen molar-refractivity contribution >= 4 is 33.8 Å². The molecule has 0 N–H and O–H groups in total. The van der Waals surface area contributed by atoms with Crippen LogP contribution in [0.3, 0.4) is 0 Å². The van der Waals surface area contributed by atoms with E-state index in [0.717, 1.165) is 24.0 Å². The SMILES string of the molecule is C=CC(=O)OCCN(CC)c1ccc(/N=N/c2nncs2)cc1. The first-order valence-corrected chi connectivity index (χ1v) is 7.93. The standard InChI is InChI=1S/C15H17N5O2S/c1-3-14(21)22-10-9-20(4-2)13-7-5-12(6-8-13)17-19-15-18-16-11-23-15/h3,5-8,11H,1,4,9-10H2,2H3/b19-17+. The van der Waals surface area contributed by atoms with Gasteiger partial charge in [-0.1, -0.05) is 17.9 Å². The molecule has 0 radical (unpaired) electrons. The van der Waals surface area contributed by atoms with Gasteiger partial charge in [-0.2, -0.15) is 0 Å². The number of aromatic nitrogens is 2. The van der Waals surface area contributed by atoms with Gasteiger partial charge in [0.2, 0.25) is 0 Å². The highest BCUT2D eigenvalue weighted by Gasteiger charge is 2.05. The molecule has 0 aliphatic heterocycles. The molecule has 0 aliphatic carbocycles. The summed E-state index contributed by atoms with van der Waals surface area (Å²) in [6, 6.07) is 7.65. The molecule has 7 nitrogen and oxygen atoms in total. The van der Waals surface area contributed by atoms with Gasteiger partial charge in [0.1, 0.15) is 12.1 Å². The van der Waals surface area contributed by atoms with Gasteiger partial charge in [0, 0.05) is 18.3 Å². The van der Waals surface area contributed by atoms with Gasteiger partial charge in [0.25, 0.3) is 5.13 Å². The zero-order valence-corrected chi connectivity index (χ0v) is 13.6. The number of azo groups is 1. The van der Waals surface area contributed by atoms with E-state index in [0.29, 0.717) is 18.3 Å². The lowest BCUT2D eigenvalue weighted by Crippen LogP contribution is -2.27. The second-order valence-corrected chi connectivity index (χ2v) is 5.20. The van der Waals surface area contributed by atoms with E-state index in [2.05, 4.69) is 31.9 Å². The monoisotopic (exact) mass is 331 g/mol. The van der Waals surface area contributed by atoms with Crippen molar-refractivity contribution in [1.82, 2.24) is 10.2 Å². The number of ether oxygens (including phenoxy) is 1. The molecule has 0 spiro atoms. The van der Waals surface area contributed by atoms with E-state index >= 15 is 0 Å². The third-order valence-corrected chi connectivity index (χ3v) is 3.54. The average molecular weight is 331 g/mol. The van der Waals surface area contributed by atoms with Gasteiger partial charge in [-0.25, -0.2) is 4.79 Å². The molecule has 1 heterocycles. The van der Waals surface area contributed by atoms with Crippen LogP contribution in [0.2, 0.25) is 0 Å². The normalized spacial score (nSPS) is 10.7. The molecule has 0 bridgehead atoms. The predicted octanol–water partition coefficient (Wildman–Crippen LogP) is 3.51. The minimum Gasteiger partial charge on any atom is -0.461 e. The second-order valence-electron chi connectivity index (χ2n) is 4.39. The summed E-state index contributed by atoms with van der Waals surface area (Å²) in [5.41, 5.74) is 3.37. The van der Waals surface area contributed by atoms with Crippen LogP contribution in [0.15, 0.2) is 52.7 Å². The summed E-state index contributed by atoms with van der Waals surface area (Å²) in [7, 11) is 0. The maximum Gasteiger partial charge on any atom is 0.330 e. The largest absolute Gasteiger partial charge is 0.461 e. The summed E-state index contributed by atoms with van der Waals surface area (Å²) in [4.78, 5) is 13.1. The van der Waals surface area contributed by atoms with Gasteiger partial charge in [-0.05, 0) is 31.2 Å². The number of rotatable bonds is 8. The Kier molecular flexibility index (Phi) is 6.37. The number of hydrogen-bond acceptors (Lipinski definition) is 8. The van der Waals surface area contributed by atoms with E-state index in [1.807, 2.05) is 31.2 Å². The fraction of sp³-hybridized carbons (Fsp3) is 0.267. The molecule has 0 saturated heterocycles. The third-order valence-electron chi connectivity index (χ3n) is 2.97. The number of esters is 1. The van der Waals surface area contributed by atoms with E-state index < -0.39 is 5.97 Å². The van der Waals surface area contributed by atoms with Crippen molar-refractivity contribution in [3.05, 3.63) is 42.4 Å². The summed E-state index contributed by atoms with van der Waals surface area (Å²) < 4.78 is 5.00. The van der Waals surface area contributed by atoms with Crippen LogP contribution in [0.25, 0.3) is 0 Å². The van der Waals surface area contributed by atoms with Crippen LogP contribution in [-0.2, 0) is 9.53 Å². The molecule has 8 heteroatoms. The molecule has 23 heavy (non-hydrogen) atoms. The Bertz CT molecular complexity index is 655. The number of anilines is 1. The van der Waals surface area contributed by atoms with Crippen LogP contribution in [0.4, 0.5) is 16.5 Å². The average Bonchev–Trinajstić information content (AvgIpc) is 3.11. The van der Waals surface area contributed by atoms with E-state index in [1.165, 1.54) is 11.3 Å². The quantitative estimate of drug-likeness (QED) is 0.420. The van der Waals surface area contributed by atoms with Crippen LogP contribution in [0, 0.1) is 0 Å². The lowest BCUT2D eigenvalue weighted by atomic mass is 10.2. The highest BCUT2D eigenvalue weighted by Crippen LogP contribution is 2.22. The van der Waals surface area contributed by atoms with Gasteiger partial charge in [0.15, 0.2) is 0 Å². The summed E-state index contributed by atoms with van der Waals surface area (Å²) in [5, 5.41) is 16.1. The molecule has 1 aromatic carbocycles. The zero-order valence-electron chi connectivity index (χ0n) is 12.8. The Balaban J connectivity index is 1.93. The van der Waals surface area contributed by atoms with E-state index in [9.17, 15) is 4.79 Å². The molecule has 1 aromatic heterocycles. The van der Waals surface area contributed by atoms with Crippen LogP contribution in [0.5, 0.6) is 0 Å². The van der Waals surface area contributed by atoms with Gasteiger partial charge in [-0.3, -0.25) is 0 Å². The summed E-state index contributed by atoms with van der Waals surface area (Å²) >= 11 is 1.33. The smallest absolute Gasteiger partial charge is 0.330 e. The van der Waals surface area contributed by atoms with E-state index in [4.69, 9.17) is 4.74 Å². The van der Waals surface area contributed by atoms with Crippen molar-refractivity contribution in [2.24, 2.45) is 10.2 Å². The number of carbonyl (C=O) groups is 1. The van der Waals surface area contributed by atoms with Crippen LogP contribution >= 0.6 is 11.3 Å². The summed E-state index contributed by atoms with van der Waals surface area (Å²) in [5.74, 6) is -0.409. The Morgan fingerprint density at radius 1 is 1.39 bits per heavy atom. The molecular weight excluding hydrogens is 314 g/mol. The molecular formula is C15H17N5O2S. The van der Waals surface area contributed by atoms with Gasteiger partial charge in [-0.15, -0.1) is 20.4 Å². The van der Waals surface area contributed by atoms with Crippen LogP contribution < -0.4 is 4.90 Å². The highest BCUT2D eigenvalue weighted by molar-refractivity contribution is 7.13. The molecule has 0 unspecified atom stereocenters. The lowest BCUT2D eigenvalue weighted by Gasteiger charge is -2.22. The summed E-state index contributed by atoms with van der Waals surface area (Å²) in [6.45, 7) is 7.14. The highest BCUT2D eigenvalue weighted by atomic mass is 32.1. The number of nitrogens with zero attached hydrogens (tertiary/aromatic N) is 5. The number of likely N-dealkylation sites (N-methyl/N-ethyl adjacent to an activating group) is 1. The molecule has 0 saturated carbocycles. The van der Waals surface area contributed by atoms with Crippen molar-refractivity contribution in [2.75, 3.05) is 24.6 Å². The Morgan fingerprint density at radius 3 is 2.78 bits per heavy atom. The lowest BCUT2D eigenvalue weighted by molar-refractivity contribution is -0.137. The van der Waals surface area contributed by atoms with E-state index in [-0.39, 0.29) is 0 Å². The van der Waals surface area contributed by atoms with Crippen molar-refractivity contribution in [2.45, 2.75) is 6.92 Å². The van der Waals surface area contributed by atoms with Gasteiger partial charge < -0.3 is 9.64 Å². The molecule has 2 aromatic rings. The number of carbonyl (C=O) groups excluding carboxylic acids is 1. The van der Waals surface area contributed by atoms with Crippen LogP contribution in [-0.4, -0.2) is 35.9 Å². The Morgan fingerprint density at radius 2 is 2.17 bits per heavy atom. The van der Waals surface area contributed by atoms with E-state index in [1.54, 1.807) is 5.51 Å². The molecule has 120 valence electrons. The number of benzene rings is 1. The first-order chi connectivity index (χ1) is 11.2. The molecule has 0 amide bonds. The maximum atomic E-state index is 11.0. The van der Waals surface area contributed by atoms with Gasteiger partial charge >= 0.3 is 5.97 Å². The van der Waals surface area contributed by atoms with Crippen molar-refractivity contribution in [3.63, 3.8) is 0 Å². The minimum absolute atomic E-state index is 0.317. The Hall–Kier alpha value is -2.61.